The third-order valence-corrected chi connectivity index (χ3v) is 5.66. The summed E-state index contributed by atoms with van der Waals surface area (Å²) in [4.78, 5) is 0.115. The van der Waals surface area contributed by atoms with Crippen LogP contribution < -0.4 is 10.5 Å². The van der Waals surface area contributed by atoms with E-state index in [1.807, 2.05) is 6.92 Å². The van der Waals surface area contributed by atoms with Crippen molar-refractivity contribution in [1.82, 2.24) is 14.5 Å². The zero-order valence-electron chi connectivity index (χ0n) is 11.0. The molecule has 6 nitrogen and oxygen atoms in total. The van der Waals surface area contributed by atoms with Gasteiger partial charge in [-0.25, -0.2) is 13.1 Å². The summed E-state index contributed by atoms with van der Waals surface area (Å²) in [6.45, 7) is 3.71. The summed E-state index contributed by atoms with van der Waals surface area (Å²) >= 11 is 0. The van der Waals surface area contributed by atoms with Gasteiger partial charge >= 0.3 is 0 Å². The lowest BCUT2D eigenvalue weighted by Crippen LogP contribution is -2.52. The Balaban J connectivity index is 2.37. The molecule has 0 bridgehead atoms. The van der Waals surface area contributed by atoms with Gasteiger partial charge in [0.2, 0.25) is 10.0 Å². The van der Waals surface area contributed by atoms with Crippen molar-refractivity contribution in [3.05, 3.63) is 5.69 Å². The van der Waals surface area contributed by atoms with Gasteiger partial charge in [0.25, 0.3) is 0 Å². The third-order valence-electron chi connectivity index (χ3n) is 3.91. The van der Waals surface area contributed by atoms with Gasteiger partial charge in [-0.3, -0.25) is 4.68 Å². The van der Waals surface area contributed by atoms with Gasteiger partial charge in [-0.2, -0.15) is 5.10 Å². The number of nitrogens with one attached hydrogen (secondary N) is 1. The average Bonchev–Trinajstić information content (AvgIpc) is 2.47. The molecule has 1 aliphatic rings. The zero-order chi connectivity index (χ0) is 13.6. The van der Waals surface area contributed by atoms with E-state index in [9.17, 15) is 8.42 Å². The molecule has 0 aromatic carbocycles. The van der Waals surface area contributed by atoms with Crippen LogP contribution in [0.15, 0.2) is 4.90 Å². The highest BCUT2D eigenvalue weighted by Gasteiger charge is 2.40. The van der Waals surface area contributed by atoms with Crippen LogP contribution in [0.25, 0.3) is 0 Å². The predicted molar refractivity (Wildman–Crippen MR) is 69.6 cm³/mol. The van der Waals surface area contributed by atoms with Crippen LogP contribution in [0.1, 0.15) is 38.3 Å². The molecule has 7 heteroatoms. The molecule has 0 spiro atoms. The molecule has 1 heterocycles. The summed E-state index contributed by atoms with van der Waals surface area (Å²) in [5, 5.41) is 3.95. The van der Waals surface area contributed by atoms with Gasteiger partial charge in [0.05, 0.1) is 5.69 Å². The summed E-state index contributed by atoms with van der Waals surface area (Å²) < 4.78 is 29.1. The quantitative estimate of drug-likeness (QED) is 0.853. The van der Waals surface area contributed by atoms with E-state index in [2.05, 4.69) is 9.82 Å². The van der Waals surface area contributed by atoms with Gasteiger partial charge in [0.1, 0.15) is 4.90 Å². The molecule has 1 fully saturated rings. The summed E-state index contributed by atoms with van der Waals surface area (Å²) in [6.07, 6.45) is 3.65. The van der Waals surface area contributed by atoms with E-state index in [4.69, 9.17) is 5.73 Å². The molecule has 1 aromatic heterocycles. The molecule has 0 saturated heterocycles. The van der Waals surface area contributed by atoms with Crippen molar-refractivity contribution < 1.29 is 8.42 Å². The van der Waals surface area contributed by atoms with E-state index in [0.29, 0.717) is 5.69 Å². The van der Waals surface area contributed by atoms with Crippen LogP contribution in [0.4, 0.5) is 5.82 Å². The number of hydrogen-bond donors (Lipinski definition) is 2. The first-order valence-corrected chi connectivity index (χ1v) is 7.63. The number of nitrogen functional groups attached to an aromatic ring is 1. The second-order valence-corrected chi connectivity index (χ2v) is 6.64. The van der Waals surface area contributed by atoms with Gasteiger partial charge in [-0.1, -0.05) is 6.92 Å². The number of sulfonamides is 1. The van der Waals surface area contributed by atoms with E-state index < -0.39 is 10.0 Å². The van der Waals surface area contributed by atoms with Crippen molar-refractivity contribution in [3.8, 4) is 0 Å². The summed E-state index contributed by atoms with van der Waals surface area (Å²) in [6, 6.07) is 0. The third kappa shape index (κ3) is 2.01. The Kier molecular flexibility index (Phi) is 3.14. The first-order valence-electron chi connectivity index (χ1n) is 6.14. The first-order chi connectivity index (χ1) is 8.31. The fourth-order valence-corrected chi connectivity index (χ4v) is 4.27. The zero-order valence-corrected chi connectivity index (χ0v) is 11.8. The second kappa shape index (κ2) is 4.24. The number of aromatic nitrogens is 2. The number of nitrogens with zero attached hydrogens (tertiary/aromatic N) is 2. The van der Waals surface area contributed by atoms with Gasteiger partial charge < -0.3 is 5.73 Å². The summed E-state index contributed by atoms with van der Waals surface area (Å²) in [5.41, 5.74) is 5.97. The molecule has 1 aliphatic carbocycles. The smallest absolute Gasteiger partial charge is 0.246 e. The summed E-state index contributed by atoms with van der Waals surface area (Å²) in [5.74, 6) is 0.0630. The Bertz CT molecular complexity index is 552. The minimum atomic E-state index is -3.59. The first kappa shape index (κ1) is 13.4. The van der Waals surface area contributed by atoms with E-state index in [-0.39, 0.29) is 16.3 Å². The number of nitrogens with two attached hydrogens (primary N) is 1. The molecule has 102 valence electrons. The van der Waals surface area contributed by atoms with Crippen LogP contribution >= 0.6 is 0 Å². The Morgan fingerprint density at radius 3 is 2.44 bits per heavy atom. The standard InChI is InChI=1S/C11H20N4O2S/c1-4-11(6-5-7-11)14-18(16,17)9-8(2)15(3)13-10(9)12/h14H,4-7H2,1-3H3,(H2,12,13). The van der Waals surface area contributed by atoms with E-state index in [1.54, 1.807) is 14.0 Å². The largest absolute Gasteiger partial charge is 0.381 e. The molecule has 0 amide bonds. The van der Waals surface area contributed by atoms with Crippen LogP contribution in [-0.2, 0) is 17.1 Å². The Hall–Kier alpha value is -1.08. The fourth-order valence-electron chi connectivity index (χ4n) is 2.41. The molecular formula is C11H20N4O2S. The Labute approximate surface area is 108 Å². The maximum absolute atomic E-state index is 12.4. The lowest BCUT2D eigenvalue weighted by molar-refractivity contribution is 0.214. The summed E-state index contributed by atoms with van der Waals surface area (Å²) in [7, 11) is -1.91. The molecule has 0 atom stereocenters. The number of anilines is 1. The fraction of sp³-hybridized carbons (Fsp3) is 0.727. The highest BCUT2D eigenvalue weighted by atomic mass is 32.2. The maximum Gasteiger partial charge on any atom is 0.246 e. The van der Waals surface area contributed by atoms with Gasteiger partial charge in [0, 0.05) is 12.6 Å². The normalized spacial score (nSPS) is 18.6. The highest BCUT2D eigenvalue weighted by Crippen LogP contribution is 2.36. The minimum Gasteiger partial charge on any atom is -0.381 e. The molecule has 3 N–H and O–H groups in total. The van der Waals surface area contributed by atoms with Crippen molar-refractivity contribution in [2.75, 3.05) is 5.73 Å². The molecule has 1 saturated carbocycles. The molecule has 0 aliphatic heterocycles. The molecule has 0 radical (unpaired) electrons. The SMILES string of the molecule is CCC1(NS(=O)(=O)c2c(N)nn(C)c2C)CCC1. The van der Waals surface area contributed by atoms with Crippen LogP contribution in [0.3, 0.4) is 0 Å². The van der Waals surface area contributed by atoms with Gasteiger partial charge in [-0.15, -0.1) is 0 Å². The Morgan fingerprint density at radius 2 is 2.11 bits per heavy atom. The molecule has 0 unspecified atom stereocenters. The Morgan fingerprint density at radius 1 is 1.50 bits per heavy atom. The van der Waals surface area contributed by atoms with Crippen molar-refractivity contribution in [1.29, 1.82) is 0 Å². The number of hydrogen-bond acceptors (Lipinski definition) is 4. The maximum atomic E-state index is 12.4. The van der Waals surface area contributed by atoms with Crippen molar-refractivity contribution in [3.63, 3.8) is 0 Å². The van der Waals surface area contributed by atoms with Crippen molar-refractivity contribution in [2.24, 2.45) is 7.05 Å². The van der Waals surface area contributed by atoms with Crippen LogP contribution in [0.5, 0.6) is 0 Å². The molecule has 1 aromatic rings. The van der Waals surface area contributed by atoms with Crippen LogP contribution in [-0.4, -0.2) is 23.7 Å². The lowest BCUT2D eigenvalue weighted by atomic mass is 9.76. The lowest BCUT2D eigenvalue weighted by Gasteiger charge is -2.41. The topological polar surface area (TPSA) is 90.0 Å². The number of aryl methyl sites for hydroxylation is 1. The van der Waals surface area contributed by atoms with Crippen molar-refractivity contribution >= 4 is 15.8 Å². The predicted octanol–water partition coefficient (Wildman–Crippen LogP) is 0.922. The van der Waals surface area contributed by atoms with E-state index in [0.717, 1.165) is 25.7 Å². The van der Waals surface area contributed by atoms with Crippen LogP contribution in [0.2, 0.25) is 0 Å². The van der Waals surface area contributed by atoms with E-state index in [1.165, 1.54) is 4.68 Å². The molecule has 18 heavy (non-hydrogen) atoms. The highest BCUT2D eigenvalue weighted by molar-refractivity contribution is 7.89. The monoisotopic (exact) mass is 272 g/mol. The molecular weight excluding hydrogens is 252 g/mol. The van der Waals surface area contributed by atoms with Crippen LogP contribution in [0, 0.1) is 6.92 Å². The van der Waals surface area contributed by atoms with E-state index >= 15 is 0 Å². The van der Waals surface area contributed by atoms with Crippen molar-refractivity contribution in [2.45, 2.75) is 50.0 Å². The van der Waals surface area contributed by atoms with Gasteiger partial charge in [0.15, 0.2) is 5.82 Å². The second-order valence-electron chi connectivity index (χ2n) is 5.02. The minimum absolute atomic E-state index is 0.0630. The molecule has 2 rings (SSSR count). The van der Waals surface area contributed by atoms with Gasteiger partial charge in [-0.05, 0) is 32.6 Å². The average molecular weight is 272 g/mol. The number of rotatable bonds is 4.